The van der Waals surface area contributed by atoms with Crippen LogP contribution < -0.4 is 5.32 Å². The standard InChI is InChI=1S/C17H15ClF2N2O2/c1-22(10-12-13(18)6-4-8-15(12)20)16(23)9-21-17(24)11-5-2-3-7-14(11)19/h2-8H,9-10H2,1H3,(H,21,24). The Bertz CT molecular complexity index is 748. The highest BCUT2D eigenvalue weighted by molar-refractivity contribution is 6.31. The lowest BCUT2D eigenvalue weighted by molar-refractivity contribution is -0.129. The van der Waals surface area contributed by atoms with Crippen LogP contribution in [-0.4, -0.2) is 30.3 Å². The molecule has 0 aromatic heterocycles. The first-order valence-corrected chi connectivity index (χ1v) is 7.47. The fourth-order valence-corrected chi connectivity index (χ4v) is 2.26. The Hall–Kier alpha value is -2.47. The summed E-state index contributed by atoms with van der Waals surface area (Å²) in [6.45, 7) is -0.379. The number of amides is 2. The third-order valence-corrected chi connectivity index (χ3v) is 3.76. The van der Waals surface area contributed by atoms with E-state index >= 15 is 0 Å². The van der Waals surface area contributed by atoms with Gasteiger partial charge in [-0.1, -0.05) is 29.8 Å². The molecule has 2 aromatic rings. The van der Waals surface area contributed by atoms with Gasteiger partial charge in [0.2, 0.25) is 5.91 Å². The lowest BCUT2D eigenvalue weighted by Crippen LogP contribution is -2.38. The van der Waals surface area contributed by atoms with Gasteiger partial charge in [0.15, 0.2) is 0 Å². The Kier molecular flexibility index (Phi) is 5.87. The summed E-state index contributed by atoms with van der Waals surface area (Å²) in [5.41, 5.74) is 0.0422. The highest BCUT2D eigenvalue weighted by Crippen LogP contribution is 2.20. The molecular weight excluding hydrogens is 338 g/mol. The maximum atomic E-state index is 13.7. The predicted molar refractivity (Wildman–Crippen MR) is 86.6 cm³/mol. The minimum Gasteiger partial charge on any atom is -0.343 e. The van der Waals surface area contributed by atoms with Crippen LogP contribution in [0.5, 0.6) is 0 Å². The van der Waals surface area contributed by atoms with Gasteiger partial charge in [-0.15, -0.1) is 0 Å². The van der Waals surface area contributed by atoms with Gasteiger partial charge in [-0.3, -0.25) is 9.59 Å². The first-order chi connectivity index (χ1) is 11.4. The smallest absolute Gasteiger partial charge is 0.254 e. The average molecular weight is 353 g/mol. The lowest BCUT2D eigenvalue weighted by atomic mass is 10.2. The number of nitrogens with one attached hydrogen (secondary N) is 1. The van der Waals surface area contributed by atoms with Crippen molar-refractivity contribution in [1.29, 1.82) is 0 Å². The Balaban J connectivity index is 1.95. The molecule has 24 heavy (non-hydrogen) atoms. The lowest BCUT2D eigenvalue weighted by Gasteiger charge is -2.18. The van der Waals surface area contributed by atoms with Crippen LogP contribution in [0, 0.1) is 11.6 Å². The van der Waals surface area contributed by atoms with E-state index in [0.717, 1.165) is 6.07 Å². The summed E-state index contributed by atoms with van der Waals surface area (Å²) in [4.78, 5) is 25.1. The van der Waals surface area contributed by atoms with Crippen LogP contribution in [0.4, 0.5) is 8.78 Å². The zero-order chi connectivity index (χ0) is 17.7. The van der Waals surface area contributed by atoms with Gasteiger partial charge in [-0.25, -0.2) is 8.78 Å². The highest BCUT2D eigenvalue weighted by atomic mass is 35.5. The first kappa shape index (κ1) is 17.9. The second-order valence-corrected chi connectivity index (χ2v) is 5.52. The molecule has 1 N–H and O–H groups in total. The minimum atomic E-state index is -0.696. The fraction of sp³-hybridized carbons (Fsp3) is 0.176. The van der Waals surface area contributed by atoms with E-state index in [1.54, 1.807) is 0 Å². The molecular formula is C17H15ClF2N2O2. The number of nitrogens with zero attached hydrogens (tertiary/aromatic N) is 1. The molecule has 0 aliphatic carbocycles. The maximum Gasteiger partial charge on any atom is 0.254 e. The predicted octanol–water partition coefficient (Wildman–Crippen LogP) is 3.01. The van der Waals surface area contributed by atoms with Crippen LogP contribution in [0.25, 0.3) is 0 Å². The van der Waals surface area contributed by atoms with E-state index in [9.17, 15) is 18.4 Å². The molecule has 0 radical (unpaired) electrons. The van der Waals surface area contributed by atoms with E-state index in [4.69, 9.17) is 11.6 Å². The molecule has 0 aliphatic heterocycles. The van der Waals surface area contributed by atoms with Gasteiger partial charge < -0.3 is 10.2 Å². The SMILES string of the molecule is CN(Cc1c(F)cccc1Cl)C(=O)CNC(=O)c1ccccc1F. The van der Waals surface area contributed by atoms with Crippen molar-refractivity contribution >= 4 is 23.4 Å². The van der Waals surface area contributed by atoms with Gasteiger partial charge >= 0.3 is 0 Å². The number of carbonyl (C=O) groups excluding carboxylic acids is 2. The fourth-order valence-electron chi connectivity index (χ4n) is 2.04. The van der Waals surface area contributed by atoms with Crippen molar-refractivity contribution in [2.75, 3.05) is 13.6 Å². The van der Waals surface area contributed by atoms with Crippen LogP contribution in [0.2, 0.25) is 5.02 Å². The zero-order valence-electron chi connectivity index (χ0n) is 12.9. The number of halogens is 3. The van der Waals surface area contributed by atoms with Crippen molar-refractivity contribution in [2.45, 2.75) is 6.54 Å². The monoisotopic (exact) mass is 352 g/mol. The number of hydrogen-bond acceptors (Lipinski definition) is 2. The number of rotatable bonds is 5. The highest BCUT2D eigenvalue weighted by Gasteiger charge is 2.16. The molecule has 0 aliphatic rings. The molecule has 2 rings (SSSR count). The van der Waals surface area contributed by atoms with Gasteiger partial charge in [0.25, 0.3) is 5.91 Å². The van der Waals surface area contributed by atoms with E-state index in [1.165, 1.54) is 48.3 Å². The van der Waals surface area contributed by atoms with Crippen LogP contribution >= 0.6 is 11.6 Å². The van der Waals surface area contributed by atoms with Crippen molar-refractivity contribution in [3.63, 3.8) is 0 Å². The number of carbonyl (C=O) groups is 2. The Morgan fingerprint density at radius 3 is 2.42 bits per heavy atom. The Morgan fingerprint density at radius 2 is 1.75 bits per heavy atom. The minimum absolute atomic E-state index is 0.0418. The van der Waals surface area contributed by atoms with Gasteiger partial charge in [-0.2, -0.15) is 0 Å². The Morgan fingerprint density at radius 1 is 1.08 bits per heavy atom. The van der Waals surface area contributed by atoms with Gasteiger partial charge in [0.1, 0.15) is 11.6 Å². The summed E-state index contributed by atoms with van der Waals surface area (Å²) in [7, 11) is 1.46. The molecule has 7 heteroatoms. The zero-order valence-corrected chi connectivity index (χ0v) is 13.6. The number of hydrogen-bond donors (Lipinski definition) is 1. The van der Waals surface area contributed by atoms with Crippen molar-refractivity contribution in [3.8, 4) is 0 Å². The van der Waals surface area contributed by atoms with E-state index in [1.807, 2.05) is 0 Å². The van der Waals surface area contributed by atoms with E-state index in [2.05, 4.69) is 5.32 Å². The molecule has 0 unspecified atom stereocenters. The molecule has 2 amide bonds. The molecule has 0 atom stereocenters. The number of benzene rings is 2. The number of likely N-dealkylation sites (N-methyl/N-ethyl adjacent to an activating group) is 1. The van der Waals surface area contributed by atoms with Gasteiger partial charge in [0, 0.05) is 24.2 Å². The van der Waals surface area contributed by atoms with E-state index in [0.29, 0.717) is 0 Å². The summed E-state index contributed by atoms with van der Waals surface area (Å²) in [5.74, 6) is -2.34. The van der Waals surface area contributed by atoms with Crippen LogP contribution in [0.1, 0.15) is 15.9 Å². The van der Waals surface area contributed by atoms with Gasteiger partial charge in [0.05, 0.1) is 12.1 Å². The molecule has 0 heterocycles. The van der Waals surface area contributed by atoms with Crippen LogP contribution in [0.15, 0.2) is 42.5 Å². The quantitative estimate of drug-likeness (QED) is 0.899. The Labute approximate surface area is 143 Å². The largest absolute Gasteiger partial charge is 0.343 e. The van der Waals surface area contributed by atoms with E-state index in [-0.39, 0.29) is 29.2 Å². The topological polar surface area (TPSA) is 49.4 Å². The first-order valence-electron chi connectivity index (χ1n) is 7.09. The van der Waals surface area contributed by atoms with Crippen LogP contribution in [-0.2, 0) is 11.3 Å². The third-order valence-electron chi connectivity index (χ3n) is 3.40. The summed E-state index contributed by atoms with van der Waals surface area (Å²) in [6.07, 6.45) is 0. The molecule has 0 spiro atoms. The summed E-state index contributed by atoms with van der Waals surface area (Å²) >= 11 is 5.91. The van der Waals surface area contributed by atoms with Gasteiger partial charge in [-0.05, 0) is 24.3 Å². The molecule has 4 nitrogen and oxygen atoms in total. The van der Waals surface area contributed by atoms with Crippen molar-refractivity contribution < 1.29 is 18.4 Å². The molecule has 2 aromatic carbocycles. The third kappa shape index (κ3) is 4.29. The van der Waals surface area contributed by atoms with Crippen molar-refractivity contribution in [2.24, 2.45) is 0 Å². The summed E-state index contributed by atoms with van der Waals surface area (Å²) < 4.78 is 27.2. The van der Waals surface area contributed by atoms with Crippen molar-refractivity contribution in [1.82, 2.24) is 10.2 Å². The maximum absolute atomic E-state index is 13.7. The van der Waals surface area contributed by atoms with Crippen LogP contribution in [0.3, 0.4) is 0 Å². The second kappa shape index (κ2) is 7.88. The summed E-state index contributed by atoms with van der Waals surface area (Å²) in [5, 5.41) is 2.55. The van der Waals surface area contributed by atoms with Crippen molar-refractivity contribution in [3.05, 3.63) is 70.2 Å². The molecule has 0 saturated heterocycles. The van der Waals surface area contributed by atoms with E-state index < -0.39 is 23.4 Å². The average Bonchev–Trinajstić information content (AvgIpc) is 2.56. The normalized spacial score (nSPS) is 10.3. The molecule has 0 fully saturated rings. The molecule has 0 bridgehead atoms. The summed E-state index contributed by atoms with van der Waals surface area (Å²) in [6, 6.07) is 9.70. The molecule has 126 valence electrons. The second-order valence-electron chi connectivity index (χ2n) is 5.11. The molecule has 0 saturated carbocycles.